The Morgan fingerprint density at radius 3 is 2.65 bits per heavy atom. The molecule has 10 heteroatoms. The molecule has 0 saturated carbocycles. The number of ether oxygens (including phenoxy) is 1. The molecule has 2 aromatic rings. The molecule has 0 N–H and O–H groups in total. The SMILES string of the molecule is CC1(COc2ccc(Cl)cc2)CN(C(=O)Cn2cc([N+](=O)[O-])c(F)n2)C1. The van der Waals surface area contributed by atoms with Crippen molar-refractivity contribution in [3.8, 4) is 5.75 Å². The Bertz CT molecular complexity index is 833. The average molecular weight is 383 g/mol. The highest BCUT2D eigenvalue weighted by Gasteiger charge is 2.42. The first kappa shape index (κ1) is 18.1. The third-order valence-electron chi connectivity index (χ3n) is 4.09. The summed E-state index contributed by atoms with van der Waals surface area (Å²) in [7, 11) is 0. The molecule has 0 atom stereocenters. The Kier molecular flexibility index (Phi) is 4.82. The van der Waals surface area contributed by atoms with Gasteiger partial charge in [0, 0.05) is 23.5 Å². The van der Waals surface area contributed by atoms with Crippen molar-refractivity contribution in [2.75, 3.05) is 19.7 Å². The number of amides is 1. The molecule has 0 bridgehead atoms. The van der Waals surface area contributed by atoms with Crippen LogP contribution in [-0.2, 0) is 11.3 Å². The van der Waals surface area contributed by atoms with E-state index in [4.69, 9.17) is 16.3 Å². The fourth-order valence-corrected chi connectivity index (χ4v) is 2.89. The highest BCUT2D eigenvalue weighted by molar-refractivity contribution is 6.30. The zero-order valence-corrected chi connectivity index (χ0v) is 14.6. The Morgan fingerprint density at radius 1 is 1.42 bits per heavy atom. The van der Waals surface area contributed by atoms with Gasteiger partial charge in [-0.1, -0.05) is 18.5 Å². The van der Waals surface area contributed by atoms with Crippen molar-refractivity contribution in [1.29, 1.82) is 0 Å². The van der Waals surface area contributed by atoms with Crippen LogP contribution in [0.5, 0.6) is 5.75 Å². The summed E-state index contributed by atoms with van der Waals surface area (Å²) in [6.45, 7) is 3.13. The Balaban J connectivity index is 1.50. The summed E-state index contributed by atoms with van der Waals surface area (Å²) in [6, 6.07) is 7.01. The highest BCUT2D eigenvalue weighted by atomic mass is 35.5. The second kappa shape index (κ2) is 6.91. The van der Waals surface area contributed by atoms with Gasteiger partial charge in [0.15, 0.2) is 0 Å². The van der Waals surface area contributed by atoms with Crippen molar-refractivity contribution in [2.45, 2.75) is 13.5 Å². The Morgan fingerprint density at radius 2 is 2.08 bits per heavy atom. The summed E-state index contributed by atoms with van der Waals surface area (Å²) in [4.78, 5) is 23.5. The lowest BCUT2D eigenvalue weighted by molar-refractivity contribution is -0.387. The molecular formula is C16H16ClFN4O4. The second-order valence-corrected chi connectivity index (χ2v) is 7.00. The zero-order valence-electron chi connectivity index (χ0n) is 13.9. The van der Waals surface area contributed by atoms with E-state index in [2.05, 4.69) is 5.10 Å². The average Bonchev–Trinajstić information content (AvgIpc) is 2.92. The number of nitro groups is 1. The first-order chi connectivity index (χ1) is 12.3. The van der Waals surface area contributed by atoms with Crippen LogP contribution in [0.4, 0.5) is 10.1 Å². The topological polar surface area (TPSA) is 90.5 Å². The molecule has 1 saturated heterocycles. The lowest BCUT2D eigenvalue weighted by atomic mass is 9.83. The van der Waals surface area contributed by atoms with E-state index in [0.29, 0.717) is 30.5 Å². The van der Waals surface area contributed by atoms with E-state index in [1.807, 2.05) is 6.92 Å². The molecule has 1 aliphatic heterocycles. The van der Waals surface area contributed by atoms with Gasteiger partial charge in [0.05, 0.1) is 11.5 Å². The number of likely N-dealkylation sites (tertiary alicyclic amines) is 1. The van der Waals surface area contributed by atoms with Crippen LogP contribution in [0, 0.1) is 21.5 Å². The smallest absolute Gasteiger partial charge is 0.343 e. The van der Waals surface area contributed by atoms with E-state index in [1.165, 1.54) is 0 Å². The van der Waals surface area contributed by atoms with Gasteiger partial charge in [0.25, 0.3) is 0 Å². The summed E-state index contributed by atoms with van der Waals surface area (Å²) in [5.74, 6) is -0.793. The number of aromatic nitrogens is 2. The van der Waals surface area contributed by atoms with Crippen LogP contribution in [0.15, 0.2) is 30.5 Å². The molecule has 0 spiro atoms. The molecule has 1 amide bonds. The van der Waals surface area contributed by atoms with Crippen LogP contribution in [-0.4, -0.2) is 45.2 Å². The molecule has 0 aliphatic carbocycles. The molecule has 1 aromatic heterocycles. The fraction of sp³-hybridized carbons (Fsp3) is 0.375. The molecule has 1 fully saturated rings. The minimum Gasteiger partial charge on any atom is -0.493 e. The molecule has 0 radical (unpaired) electrons. The van der Waals surface area contributed by atoms with Crippen molar-refractivity contribution < 1.29 is 18.8 Å². The second-order valence-electron chi connectivity index (χ2n) is 6.56. The fourth-order valence-electron chi connectivity index (χ4n) is 2.76. The number of hydrogen-bond donors (Lipinski definition) is 0. The van der Waals surface area contributed by atoms with Crippen LogP contribution >= 0.6 is 11.6 Å². The number of carbonyl (C=O) groups excluding carboxylic acids is 1. The largest absolute Gasteiger partial charge is 0.493 e. The normalized spacial score (nSPS) is 15.4. The van der Waals surface area contributed by atoms with Gasteiger partial charge < -0.3 is 9.64 Å². The molecule has 1 aliphatic rings. The van der Waals surface area contributed by atoms with Crippen LogP contribution < -0.4 is 4.74 Å². The molecule has 8 nitrogen and oxygen atoms in total. The van der Waals surface area contributed by atoms with Crippen molar-refractivity contribution in [3.63, 3.8) is 0 Å². The van der Waals surface area contributed by atoms with Gasteiger partial charge in [-0.15, -0.1) is 5.10 Å². The maximum atomic E-state index is 13.3. The quantitative estimate of drug-likeness (QED) is 0.565. The van der Waals surface area contributed by atoms with Crippen molar-refractivity contribution in [2.24, 2.45) is 5.41 Å². The van der Waals surface area contributed by atoms with Crippen LogP contribution in [0.25, 0.3) is 0 Å². The number of rotatable bonds is 6. The van der Waals surface area contributed by atoms with Gasteiger partial charge in [-0.2, -0.15) is 4.39 Å². The van der Waals surface area contributed by atoms with Gasteiger partial charge in [-0.05, 0) is 24.3 Å². The molecule has 3 rings (SSSR count). The van der Waals surface area contributed by atoms with E-state index in [1.54, 1.807) is 29.2 Å². The molecule has 26 heavy (non-hydrogen) atoms. The first-order valence-electron chi connectivity index (χ1n) is 7.79. The van der Waals surface area contributed by atoms with Gasteiger partial charge in [-0.3, -0.25) is 19.6 Å². The Hall–Kier alpha value is -2.68. The summed E-state index contributed by atoms with van der Waals surface area (Å²) < 4.78 is 20.0. The monoisotopic (exact) mass is 382 g/mol. The lowest BCUT2D eigenvalue weighted by Gasteiger charge is -2.47. The maximum absolute atomic E-state index is 13.3. The number of halogens is 2. The van der Waals surface area contributed by atoms with Crippen LogP contribution in [0.3, 0.4) is 0 Å². The summed E-state index contributed by atoms with van der Waals surface area (Å²) >= 11 is 5.82. The zero-order chi connectivity index (χ0) is 18.9. The van der Waals surface area contributed by atoms with E-state index in [-0.39, 0.29) is 17.9 Å². The van der Waals surface area contributed by atoms with Gasteiger partial charge in [0.1, 0.15) is 18.5 Å². The molecule has 138 valence electrons. The first-order valence-corrected chi connectivity index (χ1v) is 8.17. The number of carbonyl (C=O) groups is 1. The van der Waals surface area contributed by atoms with Crippen LogP contribution in [0.2, 0.25) is 5.02 Å². The standard InChI is InChI=1S/C16H16ClFN4O4/c1-16(10-26-12-4-2-11(17)3-5-12)8-20(9-16)14(23)7-21-6-13(22(24)25)15(18)19-21/h2-6H,7-10H2,1H3. The minimum absolute atomic E-state index is 0.198. The molecule has 0 unspecified atom stereocenters. The molecule has 2 heterocycles. The summed E-state index contributed by atoms with van der Waals surface area (Å²) in [5.41, 5.74) is -0.945. The third-order valence-corrected chi connectivity index (χ3v) is 4.34. The van der Waals surface area contributed by atoms with Gasteiger partial charge >= 0.3 is 11.6 Å². The summed E-state index contributed by atoms with van der Waals surface area (Å²) in [6.07, 6.45) is 0.913. The lowest BCUT2D eigenvalue weighted by Crippen LogP contribution is -2.60. The van der Waals surface area contributed by atoms with Gasteiger partial charge in [0.2, 0.25) is 5.91 Å². The van der Waals surface area contributed by atoms with Gasteiger partial charge in [-0.25, -0.2) is 0 Å². The third kappa shape index (κ3) is 3.93. The van der Waals surface area contributed by atoms with E-state index < -0.39 is 16.6 Å². The summed E-state index contributed by atoms with van der Waals surface area (Å²) in [5, 5.41) is 14.6. The number of hydrogen-bond acceptors (Lipinski definition) is 5. The van der Waals surface area contributed by atoms with Crippen LogP contribution in [0.1, 0.15) is 6.92 Å². The van der Waals surface area contributed by atoms with E-state index in [0.717, 1.165) is 10.9 Å². The highest BCUT2D eigenvalue weighted by Crippen LogP contribution is 2.31. The van der Waals surface area contributed by atoms with E-state index >= 15 is 0 Å². The minimum atomic E-state index is -1.20. The van der Waals surface area contributed by atoms with Crippen molar-refractivity contribution in [1.82, 2.24) is 14.7 Å². The number of benzene rings is 1. The predicted octanol–water partition coefficient (Wildman–Crippen LogP) is 2.51. The van der Waals surface area contributed by atoms with E-state index in [9.17, 15) is 19.3 Å². The maximum Gasteiger partial charge on any atom is 0.343 e. The predicted molar refractivity (Wildman–Crippen MR) is 90.5 cm³/mol. The Labute approximate surface area is 153 Å². The van der Waals surface area contributed by atoms with Crippen molar-refractivity contribution in [3.05, 3.63) is 51.5 Å². The number of nitrogens with zero attached hydrogens (tertiary/aromatic N) is 4. The van der Waals surface area contributed by atoms with Crippen molar-refractivity contribution >= 4 is 23.2 Å². The molecule has 1 aromatic carbocycles. The molecular weight excluding hydrogens is 367 g/mol.